The molecule has 0 unspecified atom stereocenters. The maximum Gasteiger partial charge on any atom is 0.244 e. The molecule has 1 N–H and O–H groups in total. The van der Waals surface area contributed by atoms with Crippen molar-refractivity contribution in [3.63, 3.8) is 0 Å². The predicted octanol–water partition coefficient (Wildman–Crippen LogP) is 1.85. The van der Waals surface area contributed by atoms with Crippen LogP contribution in [0.5, 0.6) is 0 Å². The van der Waals surface area contributed by atoms with Crippen LogP contribution in [0.4, 0.5) is 11.4 Å². The van der Waals surface area contributed by atoms with E-state index in [1.54, 1.807) is 4.90 Å². The second kappa shape index (κ2) is 5.85. The van der Waals surface area contributed by atoms with Crippen LogP contribution >= 0.6 is 0 Å². The second-order valence-corrected chi connectivity index (χ2v) is 5.86. The molecule has 21 heavy (non-hydrogen) atoms. The van der Waals surface area contributed by atoms with Gasteiger partial charge in [0, 0.05) is 6.04 Å². The minimum Gasteiger partial charge on any atom is -0.323 e. The number of carbonyl (C=O) groups is 2. The second-order valence-electron chi connectivity index (χ2n) is 5.86. The summed E-state index contributed by atoms with van der Waals surface area (Å²) in [5.74, 6) is -0.125. The summed E-state index contributed by atoms with van der Waals surface area (Å²) in [6, 6.07) is 7.90. The van der Waals surface area contributed by atoms with Gasteiger partial charge in [0.05, 0.1) is 17.9 Å². The molecule has 0 radical (unpaired) electrons. The molecule has 2 aliphatic heterocycles. The van der Waals surface area contributed by atoms with Gasteiger partial charge in [0.2, 0.25) is 11.8 Å². The molecule has 0 aromatic heterocycles. The lowest BCUT2D eigenvalue weighted by atomic mass is 10.0. The average molecular weight is 287 g/mol. The number of piperidine rings is 1. The monoisotopic (exact) mass is 287 g/mol. The number of amides is 2. The number of hydrogen-bond donors (Lipinski definition) is 1. The number of hydrogen-bond acceptors (Lipinski definition) is 3. The Bertz CT molecular complexity index is 558. The number of fused-ring (bicyclic) bond motifs is 1. The molecule has 0 aliphatic carbocycles. The zero-order chi connectivity index (χ0) is 14.8. The summed E-state index contributed by atoms with van der Waals surface area (Å²) < 4.78 is 0. The predicted molar refractivity (Wildman–Crippen MR) is 82.3 cm³/mol. The highest BCUT2D eigenvalue weighted by Gasteiger charge is 2.29. The van der Waals surface area contributed by atoms with Gasteiger partial charge in [0.1, 0.15) is 6.54 Å². The smallest absolute Gasteiger partial charge is 0.244 e. The maximum absolute atomic E-state index is 12.6. The van der Waals surface area contributed by atoms with Crippen LogP contribution in [-0.2, 0) is 9.59 Å². The first-order valence-electron chi connectivity index (χ1n) is 7.58. The van der Waals surface area contributed by atoms with Crippen molar-refractivity contribution < 1.29 is 9.59 Å². The largest absolute Gasteiger partial charge is 0.323 e. The third-order valence-electron chi connectivity index (χ3n) is 4.35. The Labute approximate surface area is 124 Å². The quantitative estimate of drug-likeness (QED) is 0.903. The molecule has 1 saturated heterocycles. The Morgan fingerprint density at radius 3 is 2.95 bits per heavy atom. The molecule has 5 heteroatoms. The molecule has 1 atom stereocenters. The number of nitrogens with zero attached hydrogens (tertiary/aromatic N) is 2. The van der Waals surface area contributed by atoms with E-state index >= 15 is 0 Å². The van der Waals surface area contributed by atoms with Crippen LogP contribution < -0.4 is 10.2 Å². The van der Waals surface area contributed by atoms with E-state index in [1.165, 1.54) is 6.42 Å². The highest BCUT2D eigenvalue weighted by molar-refractivity contribution is 6.10. The zero-order valence-corrected chi connectivity index (χ0v) is 12.3. The Balaban J connectivity index is 1.77. The van der Waals surface area contributed by atoms with Crippen LogP contribution in [0, 0.1) is 0 Å². The maximum atomic E-state index is 12.6. The highest BCUT2D eigenvalue weighted by Crippen LogP contribution is 2.29. The van der Waals surface area contributed by atoms with Gasteiger partial charge in [0.15, 0.2) is 0 Å². The van der Waals surface area contributed by atoms with Crippen molar-refractivity contribution in [1.29, 1.82) is 0 Å². The van der Waals surface area contributed by atoms with Gasteiger partial charge in [-0.15, -0.1) is 0 Å². The van der Waals surface area contributed by atoms with Crippen molar-refractivity contribution in [1.82, 2.24) is 4.90 Å². The summed E-state index contributed by atoms with van der Waals surface area (Å²) in [5.41, 5.74) is 1.51. The van der Waals surface area contributed by atoms with Crippen LogP contribution in [0.3, 0.4) is 0 Å². The van der Waals surface area contributed by atoms with E-state index in [-0.39, 0.29) is 18.4 Å². The van der Waals surface area contributed by atoms with Crippen molar-refractivity contribution in [2.45, 2.75) is 32.2 Å². The average Bonchev–Trinajstić information content (AvgIpc) is 2.48. The van der Waals surface area contributed by atoms with Gasteiger partial charge < -0.3 is 5.32 Å². The van der Waals surface area contributed by atoms with Crippen LogP contribution in [-0.4, -0.2) is 42.4 Å². The molecular weight excluding hydrogens is 266 g/mol. The lowest BCUT2D eigenvalue weighted by molar-refractivity contribution is -0.123. The molecular formula is C16H21N3O2. The van der Waals surface area contributed by atoms with Gasteiger partial charge >= 0.3 is 0 Å². The summed E-state index contributed by atoms with van der Waals surface area (Å²) in [4.78, 5) is 28.2. The zero-order valence-electron chi connectivity index (χ0n) is 12.3. The molecule has 0 saturated carbocycles. The number of anilines is 2. The standard InChI is InChI=1S/C16H21N3O2/c1-12-6-4-5-9-18(12)11-16(21)19-10-15(20)17-13-7-2-3-8-14(13)19/h2-3,7-8,12H,4-6,9-11H2,1H3,(H,17,20)/t12-/m1/s1. The van der Waals surface area contributed by atoms with Gasteiger partial charge in [-0.05, 0) is 38.4 Å². The minimum atomic E-state index is -0.131. The number of para-hydroxylation sites is 2. The Morgan fingerprint density at radius 2 is 2.14 bits per heavy atom. The van der Waals surface area contributed by atoms with E-state index in [0.717, 1.165) is 25.1 Å². The van der Waals surface area contributed by atoms with Crippen molar-refractivity contribution in [2.75, 3.05) is 29.9 Å². The molecule has 5 nitrogen and oxygen atoms in total. The molecule has 112 valence electrons. The van der Waals surface area contributed by atoms with Crippen molar-refractivity contribution in [3.8, 4) is 0 Å². The SMILES string of the molecule is C[C@@H]1CCCCN1CC(=O)N1CC(=O)Nc2ccccc21. The third-order valence-corrected chi connectivity index (χ3v) is 4.35. The Hall–Kier alpha value is -1.88. The van der Waals surface area contributed by atoms with Gasteiger partial charge in [0.25, 0.3) is 0 Å². The summed E-state index contributed by atoms with van der Waals surface area (Å²) in [6.07, 6.45) is 3.53. The van der Waals surface area contributed by atoms with Crippen molar-refractivity contribution in [3.05, 3.63) is 24.3 Å². The molecule has 1 aromatic rings. The first kappa shape index (κ1) is 14.1. The number of benzene rings is 1. The molecule has 1 fully saturated rings. The molecule has 0 bridgehead atoms. The number of carbonyl (C=O) groups excluding carboxylic acids is 2. The van der Waals surface area contributed by atoms with Crippen LogP contribution in [0.25, 0.3) is 0 Å². The van der Waals surface area contributed by atoms with E-state index < -0.39 is 0 Å². The molecule has 0 spiro atoms. The van der Waals surface area contributed by atoms with E-state index in [9.17, 15) is 9.59 Å². The molecule has 2 aliphatic rings. The number of nitrogens with one attached hydrogen (secondary N) is 1. The number of rotatable bonds is 2. The summed E-state index contributed by atoms with van der Waals surface area (Å²) in [7, 11) is 0. The fourth-order valence-electron chi connectivity index (χ4n) is 3.11. The van der Waals surface area contributed by atoms with Crippen LogP contribution in [0.15, 0.2) is 24.3 Å². The van der Waals surface area contributed by atoms with Crippen LogP contribution in [0.1, 0.15) is 26.2 Å². The lowest BCUT2D eigenvalue weighted by Crippen LogP contribution is -2.49. The van der Waals surface area contributed by atoms with Crippen LogP contribution in [0.2, 0.25) is 0 Å². The van der Waals surface area contributed by atoms with E-state index in [4.69, 9.17) is 0 Å². The first-order chi connectivity index (χ1) is 10.1. The minimum absolute atomic E-state index is 0.00560. The summed E-state index contributed by atoms with van der Waals surface area (Å²) >= 11 is 0. The Kier molecular flexibility index (Phi) is 3.92. The molecule has 2 amide bonds. The van der Waals surface area contributed by atoms with E-state index in [0.29, 0.717) is 18.3 Å². The van der Waals surface area contributed by atoms with Gasteiger partial charge in [-0.3, -0.25) is 19.4 Å². The molecule has 1 aromatic carbocycles. The fourth-order valence-corrected chi connectivity index (χ4v) is 3.11. The molecule has 2 heterocycles. The fraction of sp³-hybridized carbons (Fsp3) is 0.500. The van der Waals surface area contributed by atoms with Crippen molar-refractivity contribution >= 4 is 23.2 Å². The topological polar surface area (TPSA) is 52.7 Å². The van der Waals surface area contributed by atoms with Gasteiger partial charge in [-0.1, -0.05) is 18.6 Å². The van der Waals surface area contributed by atoms with Crippen molar-refractivity contribution in [2.24, 2.45) is 0 Å². The molecule has 3 rings (SSSR count). The third kappa shape index (κ3) is 2.93. The summed E-state index contributed by atoms with van der Waals surface area (Å²) in [5, 5.41) is 2.81. The Morgan fingerprint density at radius 1 is 1.33 bits per heavy atom. The highest BCUT2D eigenvalue weighted by atomic mass is 16.2. The normalized spacial score (nSPS) is 22.6. The van der Waals surface area contributed by atoms with Gasteiger partial charge in [-0.2, -0.15) is 0 Å². The lowest BCUT2D eigenvalue weighted by Gasteiger charge is -2.35. The number of likely N-dealkylation sites (tertiary alicyclic amines) is 1. The van der Waals surface area contributed by atoms with Gasteiger partial charge in [-0.25, -0.2) is 0 Å². The van der Waals surface area contributed by atoms with E-state index in [1.807, 2.05) is 24.3 Å². The summed E-state index contributed by atoms with van der Waals surface area (Å²) in [6.45, 7) is 3.64. The van der Waals surface area contributed by atoms with E-state index in [2.05, 4.69) is 17.1 Å². The first-order valence-corrected chi connectivity index (χ1v) is 7.58.